The fourth-order valence-electron chi connectivity index (χ4n) is 2.53. The number of aliphatic hydroxyl groups is 1. The molecule has 0 fully saturated rings. The van der Waals surface area contributed by atoms with Gasteiger partial charge in [0.15, 0.2) is 5.78 Å². The Kier molecular flexibility index (Phi) is 6.46. The molecule has 5 heteroatoms. The third kappa shape index (κ3) is 4.88. The molecule has 0 aliphatic rings. The minimum atomic E-state index is -0.748. The van der Waals surface area contributed by atoms with Crippen LogP contribution in [0.5, 0.6) is 0 Å². The van der Waals surface area contributed by atoms with E-state index in [4.69, 9.17) is 4.74 Å². The summed E-state index contributed by atoms with van der Waals surface area (Å²) < 4.78 is 19.4. The highest BCUT2D eigenvalue weighted by atomic mass is 19.1. The highest BCUT2D eigenvalue weighted by Gasteiger charge is 2.17. The van der Waals surface area contributed by atoms with E-state index in [1.54, 1.807) is 24.1 Å². The number of benzene rings is 2. The number of Topliss-reactive ketones (excluding diaryl/α,β-unsaturated/α-hetero) is 1. The summed E-state index contributed by atoms with van der Waals surface area (Å²) in [5.41, 5.74) is 1.53. The molecule has 0 aromatic heterocycles. The number of hydrogen-bond acceptors (Lipinski definition) is 4. The molecule has 0 radical (unpaired) electrons. The van der Waals surface area contributed by atoms with E-state index >= 15 is 0 Å². The van der Waals surface area contributed by atoms with E-state index < -0.39 is 11.9 Å². The van der Waals surface area contributed by atoms with E-state index in [0.717, 1.165) is 5.56 Å². The molecule has 2 aromatic carbocycles. The monoisotopic (exact) mass is 331 g/mol. The molecule has 1 unspecified atom stereocenters. The summed E-state index contributed by atoms with van der Waals surface area (Å²) in [5, 5.41) is 10.1. The lowest BCUT2D eigenvalue weighted by Gasteiger charge is -2.24. The van der Waals surface area contributed by atoms with Crippen LogP contribution in [0.3, 0.4) is 0 Å². The SMILES string of the molecule is CC(=O)c1c(F)cccc1N(C)CC(O)COCc1ccccc1. The summed E-state index contributed by atoms with van der Waals surface area (Å²) in [5.74, 6) is -0.897. The lowest BCUT2D eigenvalue weighted by atomic mass is 10.1. The molecular formula is C19H22FNO3. The Hall–Kier alpha value is -2.24. The van der Waals surface area contributed by atoms with Gasteiger partial charge in [0.05, 0.1) is 30.6 Å². The third-order valence-corrected chi connectivity index (χ3v) is 3.66. The normalized spacial score (nSPS) is 12.0. The first-order chi connectivity index (χ1) is 11.5. The number of rotatable bonds is 8. The molecule has 2 aromatic rings. The summed E-state index contributed by atoms with van der Waals surface area (Å²) in [4.78, 5) is 13.3. The largest absolute Gasteiger partial charge is 0.389 e. The van der Waals surface area contributed by atoms with Crippen molar-refractivity contribution in [2.24, 2.45) is 0 Å². The van der Waals surface area contributed by atoms with Crippen molar-refractivity contribution < 1.29 is 19.0 Å². The number of nitrogens with zero attached hydrogens (tertiary/aromatic N) is 1. The van der Waals surface area contributed by atoms with E-state index in [1.807, 2.05) is 30.3 Å². The zero-order chi connectivity index (χ0) is 17.5. The second-order valence-electron chi connectivity index (χ2n) is 5.73. The van der Waals surface area contributed by atoms with Crippen molar-refractivity contribution in [2.45, 2.75) is 19.6 Å². The van der Waals surface area contributed by atoms with E-state index in [9.17, 15) is 14.3 Å². The number of ether oxygens (including phenoxy) is 1. The van der Waals surface area contributed by atoms with Crippen LogP contribution in [-0.4, -0.2) is 37.2 Å². The molecule has 128 valence electrons. The Bertz CT molecular complexity index is 676. The summed E-state index contributed by atoms with van der Waals surface area (Å²) in [6.45, 7) is 2.14. The van der Waals surface area contributed by atoms with Gasteiger partial charge in [-0.15, -0.1) is 0 Å². The molecule has 2 rings (SSSR count). The lowest BCUT2D eigenvalue weighted by Crippen LogP contribution is -2.33. The van der Waals surface area contributed by atoms with Gasteiger partial charge in [-0.25, -0.2) is 4.39 Å². The number of carbonyl (C=O) groups is 1. The Morgan fingerprint density at radius 1 is 1.21 bits per heavy atom. The molecule has 4 nitrogen and oxygen atoms in total. The quantitative estimate of drug-likeness (QED) is 0.756. The predicted molar refractivity (Wildman–Crippen MR) is 91.8 cm³/mol. The van der Waals surface area contributed by atoms with Gasteiger partial charge >= 0.3 is 0 Å². The first kappa shape index (κ1) is 18.1. The van der Waals surface area contributed by atoms with E-state index in [-0.39, 0.29) is 24.5 Å². The van der Waals surface area contributed by atoms with E-state index in [1.165, 1.54) is 13.0 Å². The number of likely N-dealkylation sites (N-methyl/N-ethyl adjacent to an activating group) is 1. The van der Waals surface area contributed by atoms with Crippen molar-refractivity contribution in [3.8, 4) is 0 Å². The van der Waals surface area contributed by atoms with Crippen molar-refractivity contribution in [2.75, 3.05) is 25.1 Å². The maximum absolute atomic E-state index is 13.9. The highest BCUT2D eigenvalue weighted by molar-refractivity contribution is 6.00. The van der Waals surface area contributed by atoms with Crippen LogP contribution in [0.15, 0.2) is 48.5 Å². The van der Waals surface area contributed by atoms with Crippen LogP contribution in [-0.2, 0) is 11.3 Å². The van der Waals surface area contributed by atoms with Gasteiger partial charge in [0.25, 0.3) is 0 Å². The molecule has 0 spiro atoms. The first-order valence-electron chi connectivity index (χ1n) is 7.79. The smallest absolute Gasteiger partial charge is 0.164 e. The molecule has 0 saturated carbocycles. The Balaban J connectivity index is 1.91. The Labute approximate surface area is 141 Å². The number of carbonyl (C=O) groups excluding carboxylic acids is 1. The van der Waals surface area contributed by atoms with E-state index in [0.29, 0.717) is 12.3 Å². The number of halogens is 1. The number of anilines is 1. The molecule has 24 heavy (non-hydrogen) atoms. The fraction of sp³-hybridized carbons (Fsp3) is 0.316. The maximum atomic E-state index is 13.9. The average molecular weight is 331 g/mol. The summed E-state index contributed by atoms with van der Waals surface area (Å²) in [6.07, 6.45) is -0.748. The van der Waals surface area contributed by atoms with Crippen LogP contribution < -0.4 is 4.90 Å². The second-order valence-corrected chi connectivity index (χ2v) is 5.73. The molecule has 0 heterocycles. The van der Waals surface area contributed by atoms with Crippen LogP contribution in [0, 0.1) is 5.82 Å². The molecule has 0 aliphatic carbocycles. The van der Waals surface area contributed by atoms with Gasteiger partial charge < -0.3 is 14.7 Å². The summed E-state index contributed by atoms with van der Waals surface area (Å²) >= 11 is 0. The van der Waals surface area contributed by atoms with Crippen LogP contribution in [0.1, 0.15) is 22.8 Å². The van der Waals surface area contributed by atoms with E-state index in [2.05, 4.69) is 0 Å². The number of hydrogen-bond donors (Lipinski definition) is 1. The number of ketones is 1. The topological polar surface area (TPSA) is 49.8 Å². The Morgan fingerprint density at radius 2 is 1.92 bits per heavy atom. The second kappa shape index (κ2) is 8.57. The van der Waals surface area contributed by atoms with Gasteiger partial charge in [-0.3, -0.25) is 4.79 Å². The van der Waals surface area contributed by atoms with Gasteiger partial charge in [0.2, 0.25) is 0 Å². The zero-order valence-electron chi connectivity index (χ0n) is 13.9. The molecule has 0 bridgehead atoms. The van der Waals surface area contributed by atoms with Gasteiger partial charge in [-0.1, -0.05) is 36.4 Å². The Morgan fingerprint density at radius 3 is 2.58 bits per heavy atom. The van der Waals surface area contributed by atoms with Crippen molar-refractivity contribution in [3.05, 3.63) is 65.5 Å². The van der Waals surface area contributed by atoms with Crippen molar-refractivity contribution >= 4 is 11.5 Å². The third-order valence-electron chi connectivity index (χ3n) is 3.66. The molecule has 0 aliphatic heterocycles. The first-order valence-corrected chi connectivity index (χ1v) is 7.79. The van der Waals surface area contributed by atoms with Gasteiger partial charge in [0, 0.05) is 13.6 Å². The summed E-state index contributed by atoms with van der Waals surface area (Å²) in [7, 11) is 1.71. The highest BCUT2D eigenvalue weighted by Crippen LogP contribution is 2.23. The van der Waals surface area contributed by atoms with Crippen LogP contribution in [0.25, 0.3) is 0 Å². The van der Waals surface area contributed by atoms with Crippen LogP contribution >= 0.6 is 0 Å². The molecule has 0 saturated heterocycles. The minimum Gasteiger partial charge on any atom is -0.389 e. The summed E-state index contributed by atoms with van der Waals surface area (Å²) in [6, 6.07) is 14.1. The molecule has 1 atom stereocenters. The van der Waals surface area contributed by atoms with Crippen LogP contribution in [0.4, 0.5) is 10.1 Å². The zero-order valence-corrected chi connectivity index (χ0v) is 13.9. The maximum Gasteiger partial charge on any atom is 0.164 e. The predicted octanol–water partition coefficient (Wildman–Crippen LogP) is 3.04. The van der Waals surface area contributed by atoms with Crippen molar-refractivity contribution in [3.63, 3.8) is 0 Å². The number of aliphatic hydroxyl groups excluding tert-OH is 1. The van der Waals surface area contributed by atoms with Gasteiger partial charge in [-0.2, -0.15) is 0 Å². The average Bonchev–Trinajstić information content (AvgIpc) is 2.55. The van der Waals surface area contributed by atoms with Crippen molar-refractivity contribution in [1.29, 1.82) is 0 Å². The molecular weight excluding hydrogens is 309 g/mol. The molecule has 1 N–H and O–H groups in total. The van der Waals surface area contributed by atoms with Crippen molar-refractivity contribution in [1.82, 2.24) is 0 Å². The standard InChI is InChI=1S/C19H22FNO3/c1-14(22)19-17(20)9-6-10-18(19)21(2)11-16(23)13-24-12-15-7-4-3-5-8-15/h3-10,16,23H,11-13H2,1-2H3. The fourth-order valence-corrected chi connectivity index (χ4v) is 2.53. The minimum absolute atomic E-state index is 0.0393. The molecule has 0 amide bonds. The van der Waals surface area contributed by atoms with Gasteiger partial charge in [0.1, 0.15) is 5.82 Å². The van der Waals surface area contributed by atoms with Crippen LogP contribution in [0.2, 0.25) is 0 Å². The lowest BCUT2D eigenvalue weighted by molar-refractivity contribution is 0.0324. The van der Waals surface area contributed by atoms with Gasteiger partial charge in [-0.05, 0) is 24.6 Å².